The molecule has 0 fully saturated rings. The van der Waals surface area contributed by atoms with Crippen LogP contribution >= 0.6 is 0 Å². The molecular weight excluding hydrogens is 284 g/mol. The lowest BCUT2D eigenvalue weighted by Crippen LogP contribution is -2.28. The number of carbonyl (C=O) groups is 2. The van der Waals surface area contributed by atoms with Crippen LogP contribution in [-0.2, 0) is 23.8 Å². The molecule has 0 N–H and O–H groups in total. The third-order valence-corrected chi connectivity index (χ3v) is 3.19. The Hall–Kier alpha value is -1.10. The van der Waals surface area contributed by atoms with Gasteiger partial charge in [0.1, 0.15) is 0 Å². The topological polar surface area (TPSA) is 61.8 Å². The van der Waals surface area contributed by atoms with Crippen LogP contribution in [0.5, 0.6) is 0 Å². The molecule has 0 bridgehead atoms. The maximum absolute atomic E-state index is 12.0. The molecule has 0 rings (SSSR count). The van der Waals surface area contributed by atoms with Crippen molar-refractivity contribution in [2.75, 3.05) is 19.8 Å². The lowest BCUT2D eigenvalue weighted by Gasteiger charge is -2.16. The first-order valence-corrected chi connectivity index (χ1v) is 8.59. The average molecular weight is 316 g/mol. The van der Waals surface area contributed by atoms with Gasteiger partial charge < -0.3 is 14.2 Å². The van der Waals surface area contributed by atoms with Crippen molar-refractivity contribution in [2.24, 2.45) is 0 Å². The van der Waals surface area contributed by atoms with Gasteiger partial charge in [-0.1, -0.05) is 40.0 Å². The normalized spacial score (nSPS) is 12.0. The van der Waals surface area contributed by atoms with Crippen LogP contribution in [0.4, 0.5) is 0 Å². The Morgan fingerprint density at radius 3 is 1.95 bits per heavy atom. The van der Waals surface area contributed by atoms with Crippen molar-refractivity contribution in [3.05, 3.63) is 0 Å². The van der Waals surface area contributed by atoms with E-state index in [4.69, 9.17) is 14.2 Å². The summed E-state index contributed by atoms with van der Waals surface area (Å²) in [4.78, 5) is 23.6. The standard InChI is InChI=1S/C17H32O5/c1-4-7-12-20-15(17(19)22-14-9-6-3)10-11-16(18)21-13-8-5-2/h15H,4-14H2,1-3H3. The minimum Gasteiger partial charge on any atom is -0.466 e. The summed E-state index contributed by atoms with van der Waals surface area (Å²) >= 11 is 0. The molecule has 0 amide bonds. The van der Waals surface area contributed by atoms with E-state index in [9.17, 15) is 9.59 Å². The maximum Gasteiger partial charge on any atom is 0.335 e. The first-order valence-electron chi connectivity index (χ1n) is 8.59. The SMILES string of the molecule is CCCCOC(=O)CCC(OCCCC)C(=O)OCCCC. The van der Waals surface area contributed by atoms with Crippen LogP contribution in [-0.4, -0.2) is 37.9 Å². The average Bonchev–Trinajstić information content (AvgIpc) is 2.51. The molecule has 0 spiro atoms. The highest BCUT2D eigenvalue weighted by atomic mass is 16.6. The van der Waals surface area contributed by atoms with Gasteiger partial charge in [0.15, 0.2) is 6.10 Å². The van der Waals surface area contributed by atoms with Crippen LogP contribution in [0.25, 0.3) is 0 Å². The fraction of sp³-hybridized carbons (Fsp3) is 0.882. The summed E-state index contributed by atoms with van der Waals surface area (Å²) in [5, 5.41) is 0. The number of unbranched alkanes of at least 4 members (excludes halogenated alkanes) is 3. The summed E-state index contributed by atoms with van der Waals surface area (Å²) in [6, 6.07) is 0. The molecule has 5 nitrogen and oxygen atoms in total. The van der Waals surface area contributed by atoms with E-state index in [1.807, 2.05) is 13.8 Å². The molecule has 1 unspecified atom stereocenters. The first-order chi connectivity index (χ1) is 10.7. The molecule has 0 heterocycles. The Morgan fingerprint density at radius 2 is 1.36 bits per heavy atom. The van der Waals surface area contributed by atoms with Crippen LogP contribution in [0.2, 0.25) is 0 Å². The van der Waals surface area contributed by atoms with Crippen LogP contribution in [0, 0.1) is 0 Å². The largest absolute Gasteiger partial charge is 0.466 e. The van der Waals surface area contributed by atoms with Crippen molar-refractivity contribution >= 4 is 11.9 Å². The van der Waals surface area contributed by atoms with Gasteiger partial charge in [-0.05, 0) is 25.7 Å². The molecule has 130 valence electrons. The van der Waals surface area contributed by atoms with E-state index in [0.29, 0.717) is 26.2 Å². The van der Waals surface area contributed by atoms with Crippen molar-refractivity contribution in [1.82, 2.24) is 0 Å². The Kier molecular flexibility index (Phi) is 14.1. The Balaban J connectivity index is 4.15. The van der Waals surface area contributed by atoms with E-state index in [-0.39, 0.29) is 18.4 Å². The number of carbonyl (C=O) groups excluding carboxylic acids is 2. The first kappa shape index (κ1) is 20.9. The summed E-state index contributed by atoms with van der Waals surface area (Å²) in [6.07, 6.45) is 5.38. The van der Waals surface area contributed by atoms with E-state index in [1.165, 1.54) is 0 Å². The Bertz CT molecular complexity index is 291. The monoisotopic (exact) mass is 316 g/mol. The van der Waals surface area contributed by atoms with Crippen molar-refractivity contribution in [1.29, 1.82) is 0 Å². The van der Waals surface area contributed by atoms with Crippen LogP contribution in [0.15, 0.2) is 0 Å². The van der Waals surface area contributed by atoms with Gasteiger partial charge in [0, 0.05) is 13.0 Å². The minimum absolute atomic E-state index is 0.184. The number of esters is 2. The summed E-state index contributed by atoms with van der Waals surface area (Å²) in [5.74, 6) is -0.648. The zero-order valence-corrected chi connectivity index (χ0v) is 14.4. The van der Waals surface area contributed by atoms with Gasteiger partial charge in [-0.25, -0.2) is 4.79 Å². The molecule has 0 aromatic heterocycles. The number of ether oxygens (including phenoxy) is 3. The van der Waals surface area contributed by atoms with Gasteiger partial charge in [-0.15, -0.1) is 0 Å². The number of hydrogen-bond donors (Lipinski definition) is 0. The molecule has 0 aliphatic carbocycles. The van der Waals surface area contributed by atoms with Gasteiger partial charge in [-0.2, -0.15) is 0 Å². The van der Waals surface area contributed by atoms with Crippen molar-refractivity contribution in [3.8, 4) is 0 Å². The molecule has 5 heteroatoms. The maximum atomic E-state index is 12.0. The quantitative estimate of drug-likeness (QED) is 0.362. The summed E-state index contributed by atoms with van der Waals surface area (Å²) in [5.41, 5.74) is 0. The highest BCUT2D eigenvalue weighted by molar-refractivity contribution is 5.76. The third kappa shape index (κ3) is 11.5. The van der Waals surface area contributed by atoms with Gasteiger partial charge in [0.05, 0.1) is 13.2 Å². The lowest BCUT2D eigenvalue weighted by atomic mass is 10.2. The highest BCUT2D eigenvalue weighted by Gasteiger charge is 2.22. The van der Waals surface area contributed by atoms with Crippen LogP contribution < -0.4 is 0 Å². The fourth-order valence-corrected chi connectivity index (χ4v) is 1.70. The zero-order chi connectivity index (χ0) is 16.6. The molecule has 0 saturated heterocycles. The molecule has 22 heavy (non-hydrogen) atoms. The van der Waals surface area contributed by atoms with Crippen LogP contribution in [0.3, 0.4) is 0 Å². The third-order valence-electron chi connectivity index (χ3n) is 3.19. The molecular formula is C17H32O5. The van der Waals surface area contributed by atoms with Gasteiger partial charge in [0.2, 0.25) is 0 Å². The second-order valence-electron chi connectivity index (χ2n) is 5.35. The predicted molar refractivity (Wildman–Crippen MR) is 85.6 cm³/mol. The second kappa shape index (κ2) is 14.8. The molecule has 0 aromatic rings. The Labute approximate surface area is 134 Å². The highest BCUT2D eigenvalue weighted by Crippen LogP contribution is 2.08. The van der Waals surface area contributed by atoms with E-state index < -0.39 is 6.10 Å². The second-order valence-corrected chi connectivity index (χ2v) is 5.35. The molecule has 0 aromatic carbocycles. The molecule has 0 saturated carbocycles. The van der Waals surface area contributed by atoms with Crippen molar-refractivity contribution in [3.63, 3.8) is 0 Å². The number of rotatable bonds is 14. The fourth-order valence-electron chi connectivity index (χ4n) is 1.70. The summed E-state index contributed by atoms with van der Waals surface area (Å²) in [7, 11) is 0. The van der Waals surface area contributed by atoms with Gasteiger partial charge in [-0.3, -0.25) is 4.79 Å². The predicted octanol–water partition coefficient (Wildman–Crippen LogP) is 3.64. The van der Waals surface area contributed by atoms with Crippen LogP contribution in [0.1, 0.15) is 72.1 Å². The molecule has 0 aliphatic rings. The van der Waals surface area contributed by atoms with E-state index >= 15 is 0 Å². The summed E-state index contributed by atoms with van der Waals surface area (Å²) < 4.78 is 15.8. The van der Waals surface area contributed by atoms with Crippen molar-refractivity contribution in [2.45, 2.75) is 78.2 Å². The van der Waals surface area contributed by atoms with E-state index in [2.05, 4.69) is 6.92 Å². The van der Waals surface area contributed by atoms with Crippen molar-refractivity contribution < 1.29 is 23.8 Å². The molecule has 0 aliphatic heterocycles. The molecule has 1 atom stereocenters. The van der Waals surface area contributed by atoms with E-state index in [1.54, 1.807) is 0 Å². The lowest BCUT2D eigenvalue weighted by molar-refractivity contribution is -0.159. The Morgan fingerprint density at radius 1 is 0.818 bits per heavy atom. The molecule has 0 radical (unpaired) electrons. The smallest absolute Gasteiger partial charge is 0.335 e. The van der Waals surface area contributed by atoms with Gasteiger partial charge >= 0.3 is 11.9 Å². The summed E-state index contributed by atoms with van der Waals surface area (Å²) in [6.45, 7) is 7.49. The zero-order valence-electron chi connectivity index (χ0n) is 14.4. The number of hydrogen-bond acceptors (Lipinski definition) is 5. The van der Waals surface area contributed by atoms with Gasteiger partial charge in [0.25, 0.3) is 0 Å². The van der Waals surface area contributed by atoms with E-state index in [0.717, 1.165) is 38.5 Å². The minimum atomic E-state index is -0.665.